The van der Waals surface area contributed by atoms with Crippen LogP contribution in [0.2, 0.25) is 5.02 Å². The first kappa shape index (κ1) is 21.0. The third kappa shape index (κ3) is 6.40. The second-order valence-electron chi connectivity index (χ2n) is 6.50. The third-order valence-electron chi connectivity index (χ3n) is 4.39. The molecule has 2 rings (SSSR count). The number of rotatable bonds is 9. The lowest BCUT2D eigenvalue weighted by molar-refractivity contribution is -0.141. The predicted molar refractivity (Wildman–Crippen MR) is 110 cm³/mol. The number of nitrogens with zero attached hydrogens (tertiary/aromatic N) is 1. The summed E-state index contributed by atoms with van der Waals surface area (Å²) in [6, 6.07) is 16.6. The summed E-state index contributed by atoms with van der Waals surface area (Å²) in [5.41, 5.74) is 1.97. The summed E-state index contributed by atoms with van der Waals surface area (Å²) in [4.78, 5) is 27.3. The predicted octanol–water partition coefficient (Wildman–Crippen LogP) is 4.22. The van der Waals surface area contributed by atoms with E-state index in [-0.39, 0.29) is 11.8 Å². The third-order valence-corrected chi connectivity index (χ3v) is 4.64. The molecule has 2 aromatic carbocycles. The van der Waals surface area contributed by atoms with Crippen molar-refractivity contribution in [2.24, 2.45) is 0 Å². The molecule has 0 heterocycles. The first-order valence-electron chi connectivity index (χ1n) is 9.40. The topological polar surface area (TPSA) is 49.4 Å². The van der Waals surface area contributed by atoms with Gasteiger partial charge in [0, 0.05) is 31.0 Å². The number of nitrogens with one attached hydrogen (secondary N) is 1. The van der Waals surface area contributed by atoms with Gasteiger partial charge in [0.25, 0.3) is 0 Å². The molecule has 144 valence electrons. The number of amides is 2. The van der Waals surface area contributed by atoms with Crippen LogP contribution < -0.4 is 5.32 Å². The molecule has 0 fully saturated rings. The van der Waals surface area contributed by atoms with Crippen molar-refractivity contribution >= 4 is 23.4 Å². The summed E-state index contributed by atoms with van der Waals surface area (Å²) in [5, 5.41) is 3.60. The Morgan fingerprint density at radius 1 is 1.00 bits per heavy atom. The maximum absolute atomic E-state index is 12.9. The van der Waals surface area contributed by atoms with Crippen LogP contribution in [0.15, 0.2) is 54.6 Å². The molecule has 2 aromatic rings. The molecule has 0 bridgehead atoms. The summed E-state index contributed by atoms with van der Waals surface area (Å²) < 4.78 is 0. The van der Waals surface area contributed by atoms with Crippen molar-refractivity contribution in [3.63, 3.8) is 0 Å². The van der Waals surface area contributed by atoms with Crippen LogP contribution in [-0.2, 0) is 22.6 Å². The summed E-state index contributed by atoms with van der Waals surface area (Å²) >= 11 is 5.97. The SMILES string of the molecule is CCCNC(=O)C(Cc1ccccc1)N(Cc1ccc(Cl)cc1)C(=O)CC. The largest absolute Gasteiger partial charge is 0.354 e. The van der Waals surface area contributed by atoms with Crippen LogP contribution in [0.4, 0.5) is 0 Å². The van der Waals surface area contributed by atoms with E-state index in [4.69, 9.17) is 11.6 Å². The fraction of sp³-hybridized carbons (Fsp3) is 0.364. The van der Waals surface area contributed by atoms with Crippen LogP contribution in [0.25, 0.3) is 0 Å². The van der Waals surface area contributed by atoms with Gasteiger partial charge in [-0.1, -0.05) is 67.9 Å². The van der Waals surface area contributed by atoms with Crippen LogP contribution in [0.5, 0.6) is 0 Å². The second kappa shape index (κ2) is 10.7. The van der Waals surface area contributed by atoms with Crippen molar-refractivity contribution in [3.8, 4) is 0 Å². The molecule has 0 aliphatic carbocycles. The van der Waals surface area contributed by atoms with Crippen molar-refractivity contribution in [3.05, 3.63) is 70.7 Å². The molecule has 0 spiro atoms. The Morgan fingerprint density at radius 3 is 2.26 bits per heavy atom. The lowest BCUT2D eigenvalue weighted by Gasteiger charge is -2.31. The van der Waals surface area contributed by atoms with E-state index < -0.39 is 6.04 Å². The molecule has 5 heteroatoms. The minimum absolute atomic E-state index is 0.0440. The van der Waals surface area contributed by atoms with E-state index in [1.54, 1.807) is 17.0 Å². The van der Waals surface area contributed by atoms with E-state index in [9.17, 15) is 9.59 Å². The fourth-order valence-corrected chi connectivity index (χ4v) is 3.04. The molecule has 2 amide bonds. The minimum Gasteiger partial charge on any atom is -0.354 e. The van der Waals surface area contributed by atoms with Gasteiger partial charge >= 0.3 is 0 Å². The van der Waals surface area contributed by atoms with Gasteiger partial charge in [-0.15, -0.1) is 0 Å². The summed E-state index contributed by atoms with van der Waals surface area (Å²) in [5.74, 6) is -0.158. The molecular weight excluding hydrogens is 360 g/mol. The number of benzene rings is 2. The first-order chi connectivity index (χ1) is 13.0. The number of carbonyl (C=O) groups is 2. The van der Waals surface area contributed by atoms with Gasteiger partial charge in [-0.05, 0) is 29.7 Å². The highest BCUT2D eigenvalue weighted by Crippen LogP contribution is 2.17. The molecule has 0 saturated carbocycles. The van der Waals surface area contributed by atoms with Gasteiger partial charge in [-0.2, -0.15) is 0 Å². The Morgan fingerprint density at radius 2 is 1.67 bits per heavy atom. The minimum atomic E-state index is -0.554. The van der Waals surface area contributed by atoms with E-state index in [1.165, 1.54) is 0 Å². The van der Waals surface area contributed by atoms with Crippen molar-refractivity contribution in [2.45, 2.75) is 45.7 Å². The molecule has 0 saturated heterocycles. The Balaban J connectivity index is 2.30. The molecule has 1 N–H and O–H groups in total. The van der Waals surface area contributed by atoms with Crippen LogP contribution >= 0.6 is 11.6 Å². The van der Waals surface area contributed by atoms with Crippen molar-refractivity contribution in [1.29, 1.82) is 0 Å². The van der Waals surface area contributed by atoms with E-state index in [1.807, 2.05) is 56.3 Å². The normalized spacial score (nSPS) is 11.7. The van der Waals surface area contributed by atoms with Crippen LogP contribution in [0.1, 0.15) is 37.8 Å². The number of carbonyl (C=O) groups excluding carboxylic acids is 2. The van der Waals surface area contributed by atoms with E-state index in [0.717, 1.165) is 17.5 Å². The zero-order chi connectivity index (χ0) is 19.6. The standard InChI is InChI=1S/C22H27ClN2O2/c1-3-14-24-22(27)20(15-17-8-6-5-7-9-17)25(21(26)4-2)16-18-10-12-19(23)13-11-18/h5-13,20H,3-4,14-16H2,1-2H3,(H,24,27). The molecule has 27 heavy (non-hydrogen) atoms. The molecule has 0 radical (unpaired) electrons. The molecule has 0 aliphatic heterocycles. The zero-order valence-electron chi connectivity index (χ0n) is 16.0. The molecule has 1 atom stereocenters. The second-order valence-corrected chi connectivity index (χ2v) is 6.93. The average Bonchev–Trinajstić information content (AvgIpc) is 2.70. The Kier molecular flexibility index (Phi) is 8.34. The van der Waals surface area contributed by atoms with Gasteiger partial charge < -0.3 is 10.2 Å². The summed E-state index contributed by atoms with van der Waals surface area (Å²) in [6.45, 7) is 4.80. The van der Waals surface area contributed by atoms with Crippen LogP contribution in [-0.4, -0.2) is 29.3 Å². The van der Waals surface area contributed by atoms with Crippen molar-refractivity contribution in [1.82, 2.24) is 10.2 Å². The van der Waals surface area contributed by atoms with E-state index >= 15 is 0 Å². The lowest BCUT2D eigenvalue weighted by Crippen LogP contribution is -2.50. The highest BCUT2D eigenvalue weighted by atomic mass is 35.5. The average molecular weight is 387 g/mol. The van der Waals surface area contributed by atoms with Gasteiger partial charge in [0.05, 0.1) is 0 Å². The molecule has 0 aliphatic rings. The Bertz CT molecular complexity index is 732. The smallest absolute Gasteiger partial charge is 0.243 e. The number of hydrogen-bond donors (Lipinski definition) is 1. The molecule has 0 aromatic heterocycles. The van der Waals surface area contributed by atoms with Crippen LogP contribution in [0, 0.1) is 0 Å². The molecular formula is C22H27ClN2O2. The number of hydrogen-bond acceptors (Lipinski definition) is 2. The zero-order valence-corrected chi connectivity index (χ0v) is 16.7. The highest BCUT2D eigenvalue weighted by Gasteiger charge is 2.29. The van der Waals surface area contributed by atoms with Gasteiger partial charge in [-0.3, -0.25) is 9.59 Å². The van der Waals surface area contributed by atoms with E-state index in [0.29, 0.717) is 31.0 Å². The van der Waals surface area contributed by atoms with Gasteiger partial charge in [-0.25, -0.2) is 0 Å². The first-order valence-corrected chi connectivity index (χ1v) is 9.78. The Hall–Kier alpha value is -2.33. The summed E-state index contributed by atoms with van der Waals surface area (Å²) in [7, 11) is 0. The summed E-state index contributed by atoms with van der Waals surface area (Å²) in [6.07, 6.45) is 1.68. The lowest BCUT2D eigenvalue weighted by atomic mass is 10.0. The Labute approximate surface area is 166 Å². The highest BCUT2D eigenvalue weighted by molar-refractivity contribution is 6.30. The quantitative estimate of drug-likeness (QED) is 0.701. The van der Waals surface area contributed by atoms with Gasteiger partial charge in [0.2, 0.25) is 11.8 Å². The maximum Gasteiger partial charge on any atom is 0.243 e. The number of halogens is 1. The fourth-order valence-electron chi connectivity index (χ4n) is 2.91. The molecule has 1 unspecified atom stereocenters. The van der Waals surface area contributed by atoms with E-state index in [2.05, 4.69) is 5.32 Å². The monoisotopic (exact) mass is 386 g/mol. The van der Waals surface area contributed by atoms with Crippen molar-refractivity contribution < 1.29 is 9.59 Å². The van der Waals surface area contributed by atoms with Gasteiger partial charge in [0.1, 0.15) is 6.04 Å². The maximum atomic E-state index is 12.9. The van der Waals surface area contributed by atoms with Gasteiger partial charge in [0.15, 0.2) is 0 Å². The van der Waals surface area contributed by atoms with Crippen molar-refractivity contribution in [2.75, 3.05) is 6.54 Å². The van der Waals surface area contributed by atoms with Crippen LogP contribution in [0.3, 0.4) is 0 Å². The molecule has 4 nitrogen and oxygen atoms in total.